The molecule has 12 heteroatoms. The number of hydrogen-bond donors (Lipinski definition) is 3. The van der Waals surface area contributed by atoms with E-state index < -0.39 is 56.5 Å². The Morgan fingerprint density at radius 2 is 1.59 bits per heavy atom. The Hall–Kier alpha value is -2.96. The van der Waals surface area contributed by atoms with Gasteiger partial charge in [-0.3, -0.25) is 14.6 Å². The third-order valence-electron chi connectivity index (χ3n) is 6.47. The van der Waals surface area contributed by atoms with Crippen molar-refractivity contribution >= 4 is 21.9 Å². The number of nitrogens with two attached hydrogens (primary N) is 1. The van der Waals surface area contributed by atoms with Gasteiger partial charge in [0.15, 0.2) is 0 Å². The van der Waals surface area contributed by atoms with Crippen LogP contribution in [0.1, 0.15) is 62.1 Å². The molecule has 1 aliphatic rings. The summed E-state index contributed by atoms with van der Waals surface area (Å²) in [6.45, 7) is 0. The van der Waals surface area contributed by atoms with Crippen LogP contribution in [0.5, 0.6) is 0 Å². The lowest BCUT2D eigenvalue weighted by Gasteiger charge is -2.36. The van der Waals surface area contributed by atoms with E-state index in [1.54, 1.807) is 30.3 Å². The number of carboxylic acids is 1. The molecule has 1 amide bonds. The Bertz CT molecular complexity index is 1170. The molecule has 2 aromatic rings. The lowest BCUT2D eigenvalue weighted by Crippen LogP contribution is -2.51. The standard InChI is InChI=1S/C25H30F3N3O5S/c26-25(27,28)19-11-13-20(14-12-19)37(35,36)30-31(23(32)18-9-5-2-6-10-18)22(16-15-21(29)24(33)34)17-7-3-1-4-8-17/h1,3-4,7-8,11-14,18,21-22,30H,2,5-6,9-10,15-16,29H2,(H,33,34)/t21?,22-/m0/s1. The maximum atomic E-state index is 13.7. The molecule has 4 N–H and O–H groups in total. The topological polar surface area (TPSA) is 130 Å². The number of carbonyl (C=O) groups is 2. The van der Waals surface area contributed by atoms with Gasteiger partial charge < -0.3 is 10.8 Å². The molecule has 2 atom stereocenters. The molecule has 0 radical (unpaired) electrons. The van der Waals surface area contributed by atoms with Crippen molar-refractivity contribution in [2.45, 2.75) is 68.1 Å². The largest absolute Gasteiger partial charge is 0.480 e. The number of benzene rings is 2. The van der Waals surface area contributed by atoms with Gasteiger partial charge in [0.2, 0.25) is 5.91 Å². The summed E-state index contributed by atoms with van der Waals surface area (Å²) in [6.07, 6.45) is -0.972. The molecule has 0 aliphatic heterocycles. The maximum Gasteiger partial charge on any atom is 0.416 e. The number of carbonyl (C=O) groups excluding carboxylic acids is 1. The normalized spacial score (nSPS) is 16.6. The van der Waals surface area contributed by atoms with Crippen LogP contribution in [0.25, 0.3) is 0 Å². The zero-order chi connectivity index (χ0) is 27.2. The Morgan fingerprint density at radius 3 is 2.14 bits per heavy atom. The number of sulfonamides is 1. The molecule has 3 rings (SSSR count). The van der Waals surface area contributed by atoms with Crippen LogP contribution in [0, 0.1) is 5.92 Å². The number of halogens is 3. The number of hydrazine groups is 1. The summed E-state index contributed by atoms with van der Waals surface area (Å²) < 4.78 is 65.4. The SMILES string of the molecule is NC(CC[C@@H](c1ccccc1)N(NS(=O)(=O)c1ccc(C(F)(F)F)cc1)C(=O)C1CCCCC1)C(=O)O. The van der Waals surface area contributed by atoms with Crippen LogP contribution in [0.4, 0.5) is 13.2 Å². The second-order valence-corrected chi connectivity index (χ2v) is 10.8. The van der Waals surface area contributed by atoms with Crippen LogP contribution in [0.2, 0.25) is 0 Å². The van der Waals surface area contributed by atoms with E-state index in [2.05, 4.69) is 4.83 Å². The second-order valence-electron chi connectivity index (χ2n) is 9.11. The minimum Gasteiger partial charge on any atom is -0.480 e. The van der Waals surface area contributed by atoms with E-state index in [4.69, 9.17) is 5.73 Å². The van der Waals surface area contributed by atoms with E-state index >= 15 is 0 Å². The maximum absolute atomic E-state index is 13.7. The monoisotopic (exact) mass is 541 g/mol. The van der Waals surface area contributed by atoms with Crippen molar-refractivity contribution in [3.8, 4) is 0 Å². The Morgan fingerprint density at radius 1 is 1.00 bits per heavy atom. The van der Waals surface area contributed by atoms with E-state index in [0.717, 1.165) is 36.4 Å². The number of nitrogens with zero attached hydrogens (tertiary/aromatic N) is 1. The van der Waals surface area contributed by atoms with Gasteiger partial charge in [0.1, 0.15) is 6.04 Å². The first kappa shape index (κ1) is 28.6. The van der Waals surface area contributed by atoms with Crippen LogP contribution in [0.3, 0.4) is 0 Å². The highest BCUT2D eigenvalue weighted by Gasteiger charge is 2.36. The van der Waals surface area contributed by atoms with Crippen LogP contribution in [-0.2, 0) is 25.8 Å². The van der Waals surface area contributed by atoms with Crippen molar-refractivity contribution in [3.05, 3.63) is 65.7 Å². The van der Waals surface area contributed by atoms with Gasteiger partial charge in [-0.25, -0.2) is 8.42 Å². The molecule has 2 aromatic carbocycles. The van der Waals surface area contributed by atoms with Crippen molar-refractivity contribution in [2.75, 3.05) is 0 Å². The summed E-state index contributed by atoms with van der Waals surface area (Å²) in [4.78, 5) is 26.9. The third-order valence-corrected chi connectivity index (χ3v) is 7.80. The van der Waals surface area contributed by atoms with E-state index in [9.17, 15) is 36.3 Å². The molecule has 0 aromatic heterocycles. The fourth-order valence-corrected chi connectivity index (χ4v) is 5.47. The van der Waals surface area contributed by atoms with Gasteiger partial charge in [0.05, 0.1) is 16.5 Å². The molecule has 202 valence electrons. The minimum atomic E-state index is -4.64. The fraction of sp³-hybridized carbons (Fsp3) is 0.440. The Labute approximate surface area is 213 Å². The minimum absolute atomic E-state index is 0.0332. The molecule has 1 saturated carbocycles. The van der Waals surface area contributed by atoms with Gasteiger partial charge in [-0.05, 0) is 55.5 Å². The number of nitrogens with one attached hydrogen (secondary N) is 1. The van der Waals surface area contributed by atoms with Gasteiger partial charge >= 0.3 is 12.1 Å². The lowest BCUT2D eigenvalue weighted by molar-refractivity contribution is -0.141. The van der Waals surface area contributed by atoms with Crippen LogP contribution in [0.15, 0.2) is 59.5 Å². The lowest BCUT2D eigenvalue weighted by atomic mass is 9.87. The molecule has 0 heterocycles. The van der Waals surface area contributed by atoms with Crippen molar-refractivity contribution in [1.82, 2.24) is 9.84 Å². The average Bonchev–Trinajstić information content (AvgIpc) is 2.88. The van der Waals surface area contributed by atoms with Gasteiger partial charge in [-0.2, -0.15) is 13.2 Å². The van der Waals surface area contributed by atoms with Gasteiger partial charge in [0.25, 0.3) is 10.0 Å². The number of amides is 1. The average molecular weight is 542 g/mol. The summed E-state index contributed by atoms with van der Waals surface area (Å²) in [7, 11) is -4.47. The molecule has 1 aliphatic carbocycles. The Balaban J connectivity index is 2.00. The van der Waals surface area contributed by atoms with E-state index in [1.165, 1.54) is 0 Å². The number of hydrogen-bond acceptors (Lipinski definition) is 5. The smallest absolute Gasteiger partial charge is 0.416 e. The number of alkyl halides is 3. The summed E-state index contributed by atoms with van der Waals surface area (Å²) in [5, 5.41) is 10.2. The molecule has 37 heavy (non-hydrogen) atoms. The first-order valence-corrected chi connectivity index (χ1v) is 13.4. The number of rotatable bonds is 10. The zero-order valence-electron chi connectivity index (χ0n) is 20.0. The molecular weight excluding hydrogens is 511 g/mol. The van der Waals surface area contributed by atoms with Gasteiger partial charge in [-0.15, -0.1) is 4.83 Å². The number of aliphatic carboxylic acids is 1. The third kappa shape index (κ3) is 7.53. The molecule has 0 saturated heterocycles. The summed E-state index contributed by atoms with van der Waals surface area (Å²) in [5.41, 5.74) is 5.24. The van der Waals surface area contributed by atoms with Crippen molar-refractivity contribution < 1.29 is 36.3 Å². The van der Waals surface area contributed by atoms with E-state index in [0.29, 0.717) is 30.5 Å². The molecule has 0 spiro atoms. The second kappa shape index (κ2) is 12.1. The van der Waals surface area contributed by atoms with Gasteiger partial charge in [-0.1, -0.05) is 49.6 Å². The highest BCUT2D eigenvalue weighted by molar-refractivity contribution is 7.89. The molecule has 8 nitrogen and oxygen atoms in total. The van der Waals surface area contributed by atoms with Crippen molar-refractivity contribution in [3.63, 3.8) is 0 Å². The zero-order valence-corrected chi connectivity index (χ0v) is 20.8. The van der Waals surface area contributed by atoms with Crippen molar-refractivity contribution in [2.24, 2.45) is 11.7 Å². The highest BCUT2D eigenvalue weighted by atomic mass is 32.2. The highest BCUT2D eigenvalue weighted by Crippen LogP contribution is 2.33. The molecule has 1 fully saturated rings. The number of carboxylic acid groups (broad SMARTS) is 1. The Kier molecular flexibility index (Phi) is 9.32. The first-order chi connectivity index (χ1) is 17.4. The molecular formula is C25H30F3N3O5S. The van der Waals surface area contributed by atoms with Crippen molar-refractivity contribution in [1.29, 1.82) is 0 Å². The molecule has 1 unspecified atom stereocenters. The van der Waals surface area contributed by atoms with Crippen LogP contribution < -0.4 is 10.6 Å². The summed E-state index contributed by atoms with van der Waals surface area (Å²) in [6, 6.07) is 9.34. The van der Waals surface area contributed by atoms with E-state index in [-0.39, 0.29) is 12.8 Å². The quantitative estimate of drug-likeness (QED) is 0.386. The fourth-order valence-electron chi connectivity index (χ4n) is 4.39. The summed E-state index contributed by atoms with van der Waals surface area (Å²) in [5.74, 6) is -2.17. The predicted molar refractivity (Wildman–Crippen MR) is 129 cm³/mol. The molecule has 0 bridgehead atoms. The van der Waals surface area contributed by atoms with Crippen LogP contribution in [-0.4, -0.2) is 36.5 Å². The van der Waals surface area contributed by atoms with Crippen LogP contribution >= 0.6 is 0 Å². The summed E-state index contributed by atoms with van der Waals surface area (Å²) >= 11 is 0. The van der Waals surface area contributed by atoms with Gasteiger partial charge in [0, 0.05) is 5.92 Å². The first-order valence-electron chi connectivity index (χ1n) is 12.0. The predicted octanol–water partition coefficient (Wildman–Crippen LogP) is 4.24. The van der Waals surface area contributed by atoms with E-state index in [1.807, 2.05) is 0 Å².